The van der Waals surface area contributed by atoms with Gasteiger partial charge >= 0.3 is 0 Å². The molecule has 0 radical (unpaired) electrons. The lowest BCUT2D eigenvalue weighted by molar-refractivity contribution is 0.775. The number of nitrogen functional groups attached to an aromatic ring is 1. The fourth-order valence-electron chi connectivity index (χ4n) is 1.87. The van der Waals surface area contributed by atoms with Crippen molar-refractivity contribution in [2.45, 2.75) is 26.2 Å². The molecule has 6 heteroatoms. The van der Waals surface area contributed by atoms with Gasteiger partial charge in [0.2, 0.25) is 0 Å². The van der Waals surface area contributed by atoms with Gasteiger partial charge in [0.1, 0.15) is 17.5 Å². The van der Waals surface area contributed by atoms with E-state index < -0.39 is 0 Å². The highest BCUT2D eigenvalue weighted by Crippen LogP contribution is 2.16. The highest BCUT2D eigenvalue weighted by molar-refractivity contribution is 6.30. The number of hydrogen-bond donors (Lipinski definition) is 3. The Bertz CT molecular complexity index is 583. The molecule has 0 fully saturated rings. The van der Waals surface area contributed by atoms with Gasteiger partial charge in [-0.25, -0.2) is 15.8 Å². The lowest BCUT2D eigenvalue weighted by Crippen LogP contribution is -2.14. The fraction of sp³-hybridized carbons (Fsp3) is 0.333. The largest absolute Gasteiger partial charge is 0.370 e. The van der Waals surface area contributed by atoms with Gasteiger partial charge in [-0.1, -0.05) is 37.6 Å². The normalized spacial score (nSPS) is 10.7. The number of nitrogens with one attached hydrogen (secondary N) is 2. The van der Waals surface area contributed by atoms with Crippen LogP contribution in [0.2, 0.25) is 5.02 Å². The van der Waals surface area contributed by atoms with Crippen molar-refractivity contribution in [1.29, 1.82) is 0 Å². The first-order chi connectivity index (χ1) is 10.1. The van der Waals surface area contributed by atoms with Crippen molar-refractivity contribution < 1.29 is 0 Å². The maximum absolute atomic E-state index is 5.87. The monoisotopic (exact) mass is 305 g/mol. The van der Waals surface area contributed by atoms with Gasteiger partial charge in [0.15, 0.2) is 0 Å². The SMILES string of the molecule is CC(C)c1nc(NN)cc(NCCc2ccc(Cl)cc2)n1. The number of halogens is 1. The summed E-state index contributed by atoms with van der Waals surface area (Å²) in [4.78, 5) is 8.81. The predicted octanol–water partition coefficient (Wildman–Crippen LogP) is 3.19. The summed E-state index contributed by atoms with van der Waals surface area (Å²) in [6, 6.07) is 9.64. The van der Waals surface area contributed by atoms with E-state index in [4.69, 9.17) is 17.4 Å². The molecule has 0 atom stereocenters. The summed E-state index contributed by atoms with van der Waals surface area (Å²) >= 11 is 5.87. The zero-order valence-corrected chi connectivity index (χ0v) is 13.0. The molecule has 1 aromatic heterocycles. The van der Waals surface area contributed by atoms with Gasteiger partial charge in [0.05, 0.1) is 0 Å². The number of nitrogens with two attached hydrogens (primary N) is 1. The average molecular weight is 306 g/mol. The Labute approximate surface area is 129 Å². The van der Waals surface area contributed by atoms with Crippen LogP contribution in [-0.4, -0.2) is 16.5 Å². The third kappa shape index (κ3) is 4.58. The van der Waals surface area contributed by atoms with Gasteiger partial charge in [-0.05, 0) is 24.1 Å². The summed E-state index contributed by atoms with van der Waals surface area (Å²) in [5.41, 5.74) is 3.80. The molecule has 0 unspecified atom stereocenters. The van der Waals surface area contributed by atoms with Crippen molar-refractivity contribution in [1.82, 2.24) is 9.97 Å². The van der Waals surface area contributed by atoms with Crippen LogP contribution in [0.25, 0.3) is 0 Å². The zero-order valence-electron chi connectivity index (χ0n) is 12.2. The molecule has 0 aliphatic rings. The van der Waals surface area contributed by atoms with Crippen LogP contribution in [-0.2, 0) is 6.42 Å². The Balaban J connectivity index is 1.99. The number of nitrogens with zero attached hydrogens (tertiary/aromatic N) is 2. The van der Waals surface area contributed by atoms with Gasteiger partial charge in [0, 0.05) is 23.6 Å². The Morgan fingerprint density at radius 1 is 1.14 bits per heavy atom. The molecule has 2 aromatic rings. The highest BCUT2D eigenvalue weighted by Gasteiger charge is 2.07. The molecular formula is C15H20ClN5. The summed E-state index contributed by atoms with van der Waals surface area (Å²) in [5, 5.41) is 4.05. The van der Waals surface area contributed by atoms with Crippen LogP contribution in [0.1, 0.15) is 31.2 Å². The molecule has 112 valence electrons. The van der Waals surface area contributed by atoms with Crippen LogP contribution >= 0.6 is 11.6 Å². The maximum atomic E-state index is 5.87. The molecule has 2 rings (SSSR count). The summed E-state index contributed by atoms with van der Waals surface area (Å²) < 4.78 is 0. The molecule has 4 N–H and O–H groups in total. The lowest BCUT2D eigenvalue weighted by Gasteiger charge is -2.11. The van der Waals surface area contributed by atoms with Crippen molar-refractivity contribution in [3.63, 3.8) is 0 Å². The van der Waals surface area contributed by atoms with Crippen molar-refractivity contribution in [2.24, 2.45) is 5.84 Å². The van der Waals surface area contributed by atoms with Gasteiger partial charge in [-0.15, -0.1) is 0 Å². The van der Waals surface area contributed by atoms with Gasteiger partial charge in [-0.2, -0.15) is 0 Å². The maximum Gasteiger partial charge on any atom is 0.145 e. The Morgan fingerprint density at radius 2 is 1.81 bits per heavy atom. The minimum Gasteiger partial charge on any atom is -0.370 e. The van der Waals surface area contributed by atoms with E-state index in [1.807, 2.05) is 38.1 Å². The zero-order chi connectivity index (χ0) is 15.2. The Kier molecular flexibility index (Phi) is 5.36. The second-order valence-electron chi connectivity index (χ2n) is 5.10. The molecular weight excluding hydrogens is 286 g/mol. The lowest BCUT2D eigenvalue weighted by atomic mass is 10.1. The van der Waals surface area contributed by atoms with E-state index in [-0.39, 0.29) is 5.92 Å². The Morgan fingerprint density at radius 3 is 2.43 bits per heavy atom. The summed E-state index contributed by atoms with van der Waals surface area (Å²) in [6.07, 6.45) is 0.892. The van der Waals surface area contributed by atoms with E-state index in [9.17, 15) is 0 Å². The molecule has 0 spiro atoms. The van der Waals surface area contributed by atoms with E-state index in [2.05, 4.69) is 20.7 Å². The molecule has 1 heterocycles. The van der Waals surface area contributed by atoms with E-state index >= 15 is 0 Å². The fourth-order valence-corrected chi connectivity index (χ4v) is 2.00. The average Bonchev–Trinajstić information content (AvgIpc) is 2.49. The van der Waals surface area contributed by atoms with Crippen LogP contribution in [0, 0.1) is 0 Å². The molecule has 0 aliphatic heterocycles. The van der Waals surface area contributed by atoms with Gasteiger partial charge in [0.25, 0.3) is 0 Å². The third-order valence-corrected chi connectivity index (χ3v) is 3.29. The van der Waals surface area contributed by atoms with E-state index in [0.717, 1.165) is 29.6 Å². The number of anilines is 2. The molecule has 21 heavy (non-hydrogen) atoms. The van der Waals surface area contributed by atoms with E-state index in [0.29, 0.717) is 5.82 Å². The first-order valence-corrected chi connectivity index (χ1v) is 7.30. The number of hydrazine groups is 1. The summed E-state index contributed by atoms with van der Waals surface area (Å²) in [7, 11) is 0. The predicted molar refractivity (Wildman–Crippen MR) is 87.6 cm³/mol. The first-order valence-electron chi connectivity index (χ1n) is 6.92. The topological polar surface area (TPSA) is 75.9 Å². The Hall–Kier alpha value is -1.85. The van der Waals surface area contributed by atoms with E-state index in [1.54, 1.807) is 6.07 Å². The summed E-state index contributed by atoms with van der Waals surface area (Å²) in [5.74, 6) is 7.84. The molecule has 0 amide bonds. The van der Waals surface area contributed by atoms with Gasteiger partial charge < -0.3 is 10.7 Å². The van der Waals surface area contributed by atoms with Gasteiger partial charge in [-0.3, -0.25) is 0 Å². The standard InChI is InChI=1S/C15H20ClN5/c1-10(2)15-19-13(9-14(20-15)21-17)18-8-7-11-3-5-12(16)6-4-11/h3-6,9-10H,7-8,17H2,1-2H3,(H2,18,19,20,21). The second-order valence-corrected chi connectivity index (χ2v) is 5.54. The molecule has 0 saturated heterocycles. The van der Waals surface area contributed by atoms with Crippen molar-refractivity contribution >= 4 is 23.2 Å². The number of rotatable bonds is 6. The quantitative estimate of drug-likeness (QED) is 0.564. The number of hydrogen-bond acceptors (Lipinski definition) is 5. The van der Waals surface area contributed by atoms with Crippen molar-refractivity contribution in [2.75, 3.05) is 17.3 Å². The second kappa shape index (κ2) is 7.24. The molecule has 5 nitrogen and oxygen atoms in total. The molecule has 1 aromatic carbocycles. The number of benzene rings is 1. The van der Waals surface area contributed by atoms with Crippen LogP contribution < -0.4 is 16.6 Å². The molecule has 0 saturated carbocycles. The minimum absolute atomic E-state index is 0.245. The highest BCUT2D eigenvalue weighted by atomic mass is 35.5. The smallest absolute Gasteiger partial charge is 0.145 e. The molecule has 0 aliphatic carbocycles. The van der Waals surface area contributed by atoms with Crippen molar-refractivity contribution in [3.8, 4) is 0 Å². The third-order valence-electron chi connectivity index (χ3n) is 3.04. The van der Waals surface area contributed by atoms with Crippen LogP contribution in [0.5, 0.6) is 0 Å². The summed E-state index contributed by atoms with van der Waals surface area (Å²) in [6.45, 7) is 4.88. The van der Waals surface area contributed by atoms with Crippen LogP contribution in [0.3, 0.4) is 0 Å². The minimum atomic E-state index is 0.245. The van der Waals surface area contributed by atoms with Crippen molar-refractivity contribution in [3.05, 3.63) is 46.7 Å². The first kappa shape index (κ1) is 15.5. The van der Waals surface area contributed by atoms with Crippen LogP contribution in [0.15, 0.2) is 30.3 Å². The van der Waals surface area contributed by atoms with E-state index in [1.165, 1.54) is 5.56 Å². The van der Waals surface area contributed by atoms with Crippen LogP contribution in [0.4, 0.5) is 11.6 Å². The molecule has 0 bridgehead atoms. The number of aromatic nitrogens is 2.